The Morgan fingerprint density at radius 1 is 1.47 bits per heavy atom. The molecule has 1 aromatic rings. The molecule has 19 heavy (non-hydrogen) atoms. The van der Waals surface area contributed by atoms with E-state index in [0.717, 1.165) is 4.31 Å². The SMILES string of the molecule is Cc1cccc([N+](=O)[O-])c1S(=O)(=O)N(C)C(C)CN. The maximum Gasteiger partial charge on any atom is 0.289 e. The van der Waals surface area contributed by atoms with Crippen molar-refractivity contribution in [2.24, 2.45) is 5.73 Å². The van der Waals surface area contributed by atoms with Crippen LogP contribution in [-0.4, -0.2) is 37.3 Å². The molecule has 0 aliphatic carbocycles. The minimum atomic E-state index is -3.94. The van der Waals surface area contributed by atoms with Gasteiger partial charge in [0.15, 0.2) is 4.90 Å². The molecule has 106 valence electrons. The quantitative estimate of drug-likeness (QED) is 0.638. The Kier molecular flexibility index (Phi) is 4.61. The summed E-state index contributed by atoms with van der Waals surface area (Å²) in [6.45, 7) is 3.30. The lowest BCUT2D eigenvalue weighted by molar-refractivity contribution is -0.387. The first kappa shape index (κ1) is 15.5. The largest absolute Gasteiger partial charge is 0.329 e. The molecule has 0 spiro atoms. The van der Waals surface area contributed by atoms with E-state index in [9.17, 15) is 18.5 Å². The van der Waals surface area contributed by atoms with Crippen molar-refractivity contribution in [1.82, 2.24) is 4.31 Å². The molecule has 0 aromatic heterocycles. The highest BCUT2D eigenvalue weighted by Crippen LogP contribution is 2.29. The van der Waals surface area contributed by atoms with Gasteiger partial charge >= 0.3 is 0 Å². The molecule has 1 atom stereocenters. The third-order valence-corrected chi connectivity index (χ3v) is 5.15. The molecule has 1 aromatic carbocycles. The highest BCUT2D eigenvalue weighted by Gasteiger charge is 2.33. The lowest BCUT2D eigenvalue weighted by Crippen LogP contribution is -2.40. The third-order valence-electron chi connectivity index (χ3n) is 2.99. The normalized spacial score (nSPS) is 13.5. The van der Waals surface area contributed by atoms with E-state index in [4.69, 9.17) is 5.73 Å². The first-order valence-corrected chi connectivity index (χ1v) is 7.09. The fourth-order valence-electron chi connectivity index (χ4n) is 1.65. The highest BCUT2D eigenvalue weighted by molar-refractivity contribution is 7.89. The van der Waals surface area contributed by atoms with Gasteiger partial charge in [-0.3, -0.25) is 10.1 Å². The average molecular weight is 287 g/mol. The third kappa shape index (κ3) is 2.91. The number of hydrogen-bond donors (Lipinski definition) is 1. The maximum absolute atomic E-state index is 12.4. The molecule has 2 N–H and O–H groups in total. The predicted octanol–water partition coefficient (Wildman–Crippen LogP) is 0.871. The molecule has 1 rings (SSSR count). The zero-order valence-corrected chi connectivity index (χ0v) is 11.8. The number of benzene rings is 1. The monoisotopic (exact) mass is 287 g/mol. The van der Waals surface area contributed by atoms with E-state index in [1.54, 1.807) is 6.92 Å². The summed E-state index contributed by atoms with van der Waals surface area (Å²) in [7, 11) is -2.58. The minimum absolute atomic E-state index is 0.134. The smallest absolute Gasteiger partial charge is 0.289 e. The van der Waals surface area contributed by atoms with Crippen LogP contribution in [0, 0.1) is 17.0 Å². The van der Waals surface area contributed by atoms with Crippen molar-refractivity contribution in [2.45, 2.75) is 24.8 Å². The molecule has 0 aliphatic rings. The van der Waals surface area contributed by atoms with Gasteiger partial charge in [-0.05, 0) is 19.4 Å². The Hall–Kier alpha value is -1.51. The van der Waals surface area contributed by atoms with Gasteiger partial charge in [-0.25, -0.2) is 8.42 Å². The molecule has 0 saturated heterocycles. The molecule has 0 radical (unpaired) electrons. The van der Waals surface area contributed by atoms with Gasteiger partial charge < -0.3 is 5.73 Å². The molecule has 1 unspecified atom stereocenters. The fourth-order valence-corrected chi connectivity index (χ4v) is 3.38. The second-order valence-corrected chi connectivity index (χ2v) is 6.22. The van der Waals surface area contributed by atoms with Crippen LogP contribution in [0.25, 0.3) is 0 Å². The first-order valence-electron chi connectivity index (χ1n) is 5.65. The minimum Gasteiger partial charge on any atom is -0.329 e. The van der Waals surface area contributed by atoms with Crippen LogP contribution in [0.5, 0.6) is 0 Å². The topological polar surface area (TPSA) is 107 Å². The Labute approximate surface area is 112 Å². The Bertz CT molecular complexity index is 586. The van der Waals surface area contributed by atoms with Crippen LogP contribution >= 0.6 is 0 Å². The van der Waals surface area contributed by atoms with Gasteiger partial charge in [0.1, 0.15) is 0 Å². The summed E-state index contributed by atoms with van der Waals surface area (Å²) in [5.41, 5.74) is 5.36. The van der Waals surface area contributed by atoms with Crippen LogP contribution in [0.2, 0.25) is 0 Å². The van der Waals surface area contributed by atoms with E-state index in [1.807, 2.05) is 0 Å². The lowest BCUT2D eigenvalue weighted by Gasteiger charge is -2.23. The predicted molar refractivity (Wildman–Crippen MR) is 71.3 cm³/mol. The number of nitro groups is 1. The number of nitro benzene ring substituents is 1. The van der Waals surface area contributed by atoms with Gasteiger partial charge in [0, 0.05) is 25.7 Å². The summed E-state index contributed by atoms with van der Waals surface area (Å²) >= 11 is 0. The van der Waals surface area contributed by atoms with Crippen molar-refractivity contribution in [3.05, 3.63) is 33.9 Å². The molecular formula is C11H17N3O4S. The van der Waals surface area contributed by atoms with Gasteiger partial charge in [0.05, 0.1) is 4.92 Å². The Morgan fingerprint density at radius 3 is 2.53 bits per heavy atom. The zero-order valence-electron chi connectivity index (χ0n) is 11.0. The molecule has 0 amide bonds. The van der Waals surface area contributed by atoms with E-state index in [0.29, 0.717) is 5.56 Å². The van der Waals surface area contributed by atoms with E-state index in [2.05, 4.69) is 0 Å². The molecule has 0 bridgehead atoms. The highest BCUT2D eigenvalue weighted by atomic mass is 32.2. The van der Waals surface area contributed by atoms with Crippen molar-refractivity contribution >= 4 is 15.7 Å². The van der Waals surface area contributed by atoms with Crippen molar-refractivity contribution in [2.75, 3.05) is 13.6 Å². The summed E-state index contributed by atoms with van der Waals surface area (Å²) in [5.74, 6) is 0. The summed E-state index contributed by atoms with van der Waals surface area (Å²) in [4.78, 5) is 10.0. The van der Waals surface area contributed by atoms with Gasteiger partial charge in [0.25, 0.3) is 5.69 Å². The van der Waals surface area contributed by atoms with Gasteiger partial charge in [-0.15, -0.1) is 0 Å². The Balaban J connectivity index is 3.49. The number of aryl methyl sites for hydroxylation is 1. The molecule has 0 heterocycles. The van der Waals surface area contributed by atoms with Gasteiger partial charge in [0.2, 0.25) is 10.0 Å². The number of likely N-dealkylation sites (N-methyl/N-ethyl adjacent to an activating group) is 1. The van der Waals surface area contributed by atoms with Gasteiger partial charge in [-0.1, -0.05) is 12.1 Å². The number of sulfonamides is 1. The number of nitrogens with zero attached hydrogens (tertiary/aromatic N) is 2. The number of nitrogens with two attached hydrogens (primary N) is 1. The number of hydrogen-bond acceptors (Lipinski definition) is 5. The Morgan fingerprint density at radius 2 is 2.05 bits per heavy atom. The zero-order chi connectivity index (χ0) is 14.8. The average Bonchev–Trinajstić information content (AvgIpc) is 2.36. The van der Waals surface area contributed by atoms with E-state index >= 15 is 0 Å². The van der Waals surface area contributed by atoms with Crippen LogP contribution in [0.1, 0.15) is 12.5 Å². The van der Waals surface area contributed by atoms with Crippen molar-refractivity contribution in [3.63, 3.8) is 0 Å². The van der Waals surface area contributed by atoms with Gasteiger partial charge in [-0.2, -0.15) is 4.31 Å². The lowest BCUT2D eigenvalue weighted by atomic mass is 10.2. The molecule has 0 fully saturated rings. The number of rotatable bonds is 5. The van der Waals surface area contributed by atoms with E-state index < -0.39 is 26.7 Å². The molecule has 7 nitrogen and oxygen atoms in total. The molecular weight excluding hydrogens is 270 g/mol. The van der Waals surface area contributed by atoms with Crippen molar-refractivity contribution in [3.8, 4) is 0 Å². The second kappa shape index (κ2) is 5.64. The summed E-state index contributed by atoms with van der Waals surface area (Å²) in [6.07, 6.45) is 0. The van der Waals surface area contributed by atoms with Crippen LogP contribution in [0.4, 0.5) is 5.69 Å². The van der Waals surface area contributed by atoms with E-state index in [1.165, 1.54) is 32.2 Å². The maximum atomic E-state index is 12.4. The fraction of sp³-hybridized carbons (Fsp3) is 0.455. The van der Waals surface area contributed by atoms with Crippen molar-refractivity contribution in [1.29, 1.82) is 0 Å². The van der Waals surface area contributed by atoms with E-state index in [-0.39, 0.29) is 11.4 Å². The molecule has 8 heteroatoms. The van der Waals surface area contributed by atoms with Crippen LogP contribution < -0.4 is 5.73 Å². The second-order valence-electron chi connectivity index (χ2n) is 4.29. The standard InChI is InChI=1S/C11H17N3O4S/c1-8-5-4-6-10(14(15)16)11(8)19(17,18)13(3)9(2)7-12/h4-6,9H,7,12H2,1-3H3. The molecule has 0 saturated carbocycles. The first-order chi connectivity index (χ1) is 8.73. The summed E-state index contributed by atoms with van der Waals surface area (Å²) < 4.78 is 25.9. The summed E-state index contributed by atoms with van der Waals surface area (Å²) in [5, 5.41) is 11.0. The van der Waals surface area contributed by atoms with Crippen LogP contribution in [0.15, 0.2) is 23.1 Å². The van der Waals surface area contributed by atoms with Crippen LogP contribution in [0.3, 0.4) is 0 Å². The van der Waals surface area contributed by atoms with Crippen LogP contribution in [-0.2, 0) is 10.0 Å². The molecule has 0 aliphatic heterocycles. The van der Waals surface area contributed by atoms with Crippen molar-refractivity contribution < 1.29 is 13.3 Å². The summed E-state index contributed by atoms with van der Waals surface area (Å²) in [6, 6.07) is 3.73.